The number of aromatic nitrogens is 3. The number of aliphatic hydroxyl groups is 1. The fourth-order valence-electron chi connectivity index (χ4n) is 3.02. The fourth-order valence-corrected chi connectivity index (χ4v) is 3.02. The summed E-state index contributed by atoms with van der Waals surface area (Å²) in [7, 11) is 1.72. The second kappa shape index (κ2) is 6.20. The minimum Gasteiger partial charge on any atom is -0.390 e. The molecule has 11 nitrogen and oxygen atoms in total. The van der Waals surface area contributed by atoms with E-state index in [-0.39, 0.29) is 11.9 Å². The minimum atomic E-state index is -0.598. The van der Waals surface area contributed by atoms with Gasteiger partial charge in [-0.1, -0.05) is 0 Å². The van der Waals surface area contributed by atoms with Gasteiger partial charge in [-0.25, -0.2) is 21.7 Å². The Balaban J connectivity index is 2.31. The zero-order valence-electron chi connectivity index (χ0n) is 13.4. The molecule has 0 unspecified atom stereocenters. The van der Waals surface area contributed by atoms with Crippen LogP contribution in [0.1, 0.15) is 25.1 Å². The van der Waals surface area contributed by atoms with Crippen LogP contribution >= 0.6 is 0 Å². The molecule has 2 aromatic rings. The zero-order valence-corrected chi connectivity index (χ0v) is 13.4. The topological polar surface area (TPSA) is 172 Å². The molecule has 0 aliphatic carbocycles. The van der Waals surface area contributed by atoms with Crippen LogP contribution in [-0.4, -0.2) is 44.7 Å². The van der Waals surface area contributed by atoms with Crippen molar-refractivity contribution in [3.05, 3.63) is 11.9 Å². The molecule has 3 atom stereocenters. The summed E-state index contributed by atoms with van der Waals surface area (Å²) in [5, 5.41) is 21.7. The largest absolute Gasteiger partial charge is 0.390 e. The maximum Gasteiger partial charge on any atom is 0.150 e. The molecule has 9 N–H and O–H groups in total. The van der Waals surface area contributed by atoms with E-state index >= 15 is 0 Å². The number of amidine groups is 1. The van der Waals surface area contributed by atoms with Gasteiger partial charge in [0.2, 0.25) is 0 Å². The van der Waals surface area contributed by atoms with E-state index in [1.165, 1.54) is 6.33 Å². The number of ether oxygens (including phenoxy) is 1. The predicted molar refractivity (Wildman–Crippen MR) is 89.2 cm³/mol. The van der Waals surface area contributed by atoms with Crippen LogP contribution in [0.4, 0.5) is 11.6 Å². The van der Waals surface area contributed by atoms with Gasteiger partial charge in [0.05, 0.1) is 23.2 Å². The van der Waals surface area contributed by atoms with Crippen molar-refractivity contribution in [3.8, 4) is 0 Å². The lowest BCUT2D eigenvalue weighted by molar-refractivity contribution is -0.00525. The number of aliphatic hydroxyl groups excluding tert-OH is 1. The Morgan fingerprint density at radius 3 is 2.75 bits per heavy atom. The quantitative estimate of drug-likeness (QED) is 0.164. The second-order valence-electron chi connectivity index (χ2n) is 5.53. The number of hydrogen-bond donors (Lipinski definition) is 7. The first-order valence-electron chi connectivity index (χ1n) is 7.45. The molecule has 0 aromatic carbocycles. The molecule has 1 saturated heterocycles. The molecule has 1 fully saturated rings. The van der Waals surface area contributed by atoms with Gasteiger partial charge in [-0.3, -0.25) is 9.98 Å². The molecule has 1 aliphatic rings. The summed E-state index contributed by atoms with van der Waals surface area (Å²) in [4.78, 5) is 8.51. The number of anilines is 2. The molecule has 3 heterocycles. The number of rotatable bonds is 4. The van der Waals surface area contributed by atoms with Crippen molar-refractivity contribution in [2.24, 2.45) is 11.7 Å². The maximum atomic E-state index is 10.0. The van der Waals surface area contributed by atoms with Gasteiger partial charge in [-0.15, -0.1) is 0 Å². The molecule has 3 rings (SSSR count). The van der Waals surface area contributed by atoms with E-state index in [2.05, 4.69) is 26.1 Å². The van der Waals surface area contributed by atoms with Gasteiger partial charge in [-0.2, -0.15) is 0 Å². The average Bonchev–Trinajstić information content (AvgIpc) is 3.10. The Morgan fingerprint density at radius 1 is 1.46 bits per heavy atom. The van der Waals surface area contributed by atoms with Crippen molar-refractivity contribution in [1.82, 2.24) is 20.0 Å². The summed E-state index contributed by atoms with van der Waals surface area (Å²) in [5.74, 6) is 12.0. The summed E-state index contributed by atoms with van der Waals surface area (Å²) in [6.45, 7) is 1.80. The Labute approximate surface area is 137 Å². The van der Waals surface area contributed by atoms with E-state index in [4.69, 9.17) is 21.8 Å². The van der Waals surface area contributed by atoms with Gasteiger partial charge in [0.1, 0.15) is 35.7 Å². The van der Waals surface area contributed by atoms with Crippen LogP contribution in [0.25, 0.3) is 11.0 Å². The molecule has 0 radical (unpaired) electrons. The summed E-state index contributed by atoms with van der Waals surface area (Å²) in [5.41, 5.74) is 5.85. The van der Waals surface area contributed by atoms with E-state index in [0.29, 0.717) is 34.7 Å². The van der Waals surface area contributed by atoms with Gasteiger partial charge >= 0.3 is 0 Å². The van der Waals surface area contributed by atoms with Crippen LogP contribution in [0.2, 0.25) is 0 Å². The molecule has 0 amide bonds. The van der Waals surface area contributed by atoms with E-state index < -0.39 is 12.3 Å². The molecule has 11 heteroatoms. The number of nitrogens with zero attached hydrogens (tertiary/aromatic N) is 3. The summed E-state index contributed by atoms with van der Waals surface area (Å²) in [6.07, 6.45) is 0.380. The minimum absolute atomic E-state index is 0.0513. The lowest BCUT2D eigenvalue weighted by Gasteiger charge is -2.17. The second-order valence-corrected chi connectivity index (χ2v) is 5.53. The van der Waals surface area contributed by atoms with Crippen LogP contribution < -0.4 is 27.9 Å². The van der Waals surface area contributed by atoms with E-state index in [0.717, 1.165) is 0 Å². The number of nitrogen functional groups attached to an aromatic ring is 1. The van der Waals surface area contributed by atoms with Crippen LogP contribution in [0.15, 0.2) is 6.33 Å². The van der Waals surface area contributed by atoms with Crippen molar-refractivity contribution in [2.45, 2.75) is 31.8 Å². The monoisotopic (exact) mass is 335 g/mol. The molecule has 0 spiro atoms. The highest BCUT2D eigenvalue weighted by molar-refractivity contribution is 6.15. The van der Waals surface area contributed by atoms with Crippen molar-refractivity contribution in [1.29, 1.82) is 5.41 Å². The van der Waals surface area contributed by atoms with E-state index in [9.17, 15) is 5.11 Å². The Bertz CT molecular complexity index is 764. The number of hydrogen-bond acceptors (Lipinski definition) is 9. The molecule has 130 valence electrons. The highest BCUT2D eigenvalue weighted by Crippen LogP contribution is 2.39. The van der Waals surface area contributed by atoms with Crippen molar-refractivity contribution < 1.29 is 9.84 Å². The SMILES string of the molecule is CNc1ncnc2c1c(C(=N)NN)c(NN)n2[C@H]1C[C@H](O)[C@@H](C)O1. The first kappa shape index (κ1) is 16.4. The number of fused-ring (bicyclic) bond motifs is 1. The highest BCUT2D eigenvalue weighted by atomic mass is 16.5. The standard InChI is InChI=1S/C13H21N9O2/c1-5-6(23)3-7(24-5)22-12-9(11(17-2)18-4-19-12)8(10(14)20-15)13(22)21-16/h4-7,21,23H,3,15-16H2,1-2H3,(H2,14,20)(H,17,18,19)/t5-,6+,7-/m1/s1. The molecule has 24 heavy (non-hydrogen) atoms. The summed E-state index contributed by atoms with van der Waals surface area (Å²) >= 11 is 0. The first-order valence-corrected chi connectivity index (χ1v) is 7.45. The normalized spacial score (nSPS) is 23.5. The van der Waals surface area contributed by atoms with Gasteiger partial charge in [-0.05, 0) is 6.92 Å². The fraction of sp³-hybridized carbons (Fsp3) is 0.462. The molecular weight excluding hydrogens is 314 g/mol. The predicted octanol–water partition coefficient (Wildman–Crippen LogP) is -0.784. The Kier molecular flexibility index (Phi) is 4.24. The average molecular weight is 335 g/mol. The van der Waals surface area contributed by atoms with Gasteiger partial charge < -0.3 is 26.0 Å². The Hall–Kier alpha value is -2.47. The lowest BCUT2D eigenvalue weighted by atomic mass is 10.2. The Morgan fingerprint density at radius 2 is 2.21 bits per heavy atom. The van der Waals surface area contributed by atoms with Crippen LogP contribution in [-0.2, 0) is 4.74 Å². The summed E-state index contributed by atoms with van der Waals surface area (Å²) in [6, 6.07) is 0. The van der Waals surface area contributed by atoms with Gasteiger partial charge in [0.25, 0.3) is 0 Å². The van der Waals surface area contributed by atoms with Crippen LogP contribution in [0, 0.1) is 5.41 Å². The first-order chi connectivity index (χ1) is 11.5. The van der Waals surface area contributed by atoms with Gasteiger partial charge in [0, 0.05) is 13.5 Å². The van der Waals surface area contributed by atoms with E-state index in [1.54, 1.807) is 18.5 Å². The maximum absolute atomic E-state index is 10.0. The molecule has 1 aliphatic heterocycles. The third-order valence-corrected chi connectivity index (χ3v) is 4.20. The van der Waals surface area contributed by atoms with Crippen molar-refractivity contribution in [3.63, 3.8) is 0 Å². The summed E-state index contributed by atoms with van der Waals surface area (Å²) < 4.78 is 7.54. The smallest absolute Gasteiger partial charge is 0.150 e. The highest BCUT2D eigenvalue weighted by Gasteiger charge is 2.36. The number of nitrogens with two attached hydrogens (primary N) is 2. The van der Waals surface area contributed by atoms with Gasteiger partial charge in [0.15, 0.2) is 0 Å². The van der Waals surface area contributed by atoms with Crippen LogP contribution in [0.5, 0.6) is 0 Å². The molecular formula is C13H21N9O2. The third-order valence-electron chi connectivity index (χ3n) is 4.20. The number of nitrogens with one attached hydrogen (secondary N) is 4. The van der Waals surface area contributed by atoms with Crippen molar-refractivity contribution in [2.75, 3.05) is 17.8 Å². The van der Waals surface area contributed by atoms with Crippen LogP contribution in [0.3, 0.4) is 0 Å². The molecule has 0 saturated carbocycles. The van der Waals surface area contributed by atoms with E-state index in [1.807, 2.05) is 0 Å². The number of hydrazine groups is 2. The molecule has 0 bridgehead atoms. The lowest BCUT2D eigenvalue weighted by Crippen LogP contribution is -2.31. The third kappa shape index (κ3) is 2.34. The zero-order chi connectivity index (χ0) is 17.4. The molecule has 2 aromatic heterocycles. The van der Waals surface area contributed by atoms with Crippen molar-refractivity contribution >= 4 is 28.5 Å².